The Bertz CT molecular complexity index is 893. The molecular formula is C18H22N4O4S. The molecule has 1 aromatic heterocycles. The number of para-hydroxylation sites is 1. The van der Waals surface area contributed by atoms with Crippen LogP contribution in [-0.2, 0) is 20.9 Å². The van der Waals surface area contributed by atoms with E-state index in [2.05, 4.69) is 15.6 Å². The van der Waals surface area contributed by atoms with Gasteiger partial charge in [-0.25, -0.2) is 4.98 Å². The average molecular weight is 390 g/mol. The van der Waals surface area contributed by atoms with Crippen LogP contribution < -0.4 is 16.2 Å². The molecule has 1 aliphatic rings. The number of hydrogen-bond donors (Lipinski definition) is 2. The number of fused-ring (bicyclic) bond motifs is 1. The molecule has 144 valence electrons. The van der Waals surface area contributed by atoms with Crippen LogP contribution in [0.3, 0.4) is 0 Å². The first kappa shape index (κ1) is 19.4. The van der Waals surface area contributed by atoms with Crippen molar-refractivity contribution in [1.82, 2.24) is 20.2 Å². The Morgan fingerprint density at radius 1 is 1.33 bits per heavy atom. The number of thioether (sulfide) groups is 1. The summed E-state index contributed by atoms with van der Waals surface area (Å²) in [4.78, 5) is 40.7. The summed E-state index contributed by atoms with van der Waals surface area (Å²) in [6, 6.07) is 7.16. The van der Waals surface area contributed by atoms with Gasteiger partial charge in [-0.3, -0.25) is 19.0 Å². The summed E-state index contributed by atoms with van der Waals surface area (Å²) in [7, 11) is 1.51. The highest BCUT2D eigenvalue weighted by Gasteiger charge is 2.20. The lowest BCUT2D eigenvalue weighted by molar-refractivity contribution is -0.124. The minimum atomic E-state index is -0.297. The van der Waals surface area contributed by atoms with Crippen LogP contribution >= 0.6 is 11.8 Å². The van der Waals surface area contributed by atoms with E-state index in [1.54, 1.807) is 22.8 Å². The number of nitrogens with zero attached hydrogens (tertiary/aromatic N) is 2. The van der Waals surface area contributed by atoms with Gasteiger partial charge >= 0.3 is 0 Å². The zero-order valence-corrected chi connectivity index (χ0v) is 15.9. The lowest BCUT2D eigenvalue weighted by Gasteiger charge is -2.16. The second-order valence-electron chi connectivity index (χ2n) is 6.20. The zero-order chi connectivity index (χ0) is 19.2. The summed E-state index contributed by atoms with van der Waals surface area (Å²) in [6.07, 6.45) is 1.85. The number of nitrogens with one attached hydrogen (secondary N) is 2. The number of ether oxygens (including phenoxy) is 1. The van der Waals surface area contributed by atoms with Crippen LogP contribution in [0.5, 0.6) is 0 Å². The third-order valence-electron chi connectivity index (χ3n) is 4.29. The van der Waals surface area contributed by atoms with Gasteiger partial charge in [-0.1, -0.05) is 23.9 Å². The topological polar surface area (TPSA) is 102 Å². The van der Waals surface area contributed by atoms with Gasteiger partial charge in [-0.05, 0) is 25.0 Å². The predicted octanol–water partition coefficient (Wildman–Crippen LogP) is 0.530. The van der Waals surface area contributed by atoms with Crippen LogP contribution in [0.25, 0.3) is 10.9 Å². The van der Waals surface area contributed by atoms with Crippen LogP contribution in [-0.4, -0.2) is 53.4 Å². The molecule has 0 spiro atoms. The molecule has 1 fully saturated rings. The van der Waals surface area contributed by atoms with Crippen LogP contribution in [0, 0.1) is 0 Å². The quantitative estimate of drug-likeness (QED) is 0.528. The average Bonchev–Trinajstić information content (AvgIpc) is 3.20. The maximum atomic E-state index is 12.9. The Morgan fingerprint density at radius 2 is 2.15 bits per heavy atom. The highest BCUT2D eigenvalue weighted by Crippen LogP contribution is 2.20. The molecule has 0 radical (unpaired) electrons. The van der Waals surface area contributed by atoms with E-state index < -0.39 is 0 Å². The Labute approximate surface area is 160 Å². The number of benzene rings is 1. The maximum Gasteiger partial charge on any atom is 0.262 e. The molecule has 3 rings (SSSR count). The van der Waals surface area contributed by atoms with Gasteiger partial charge in [0, 0.05) is 13.7 Å². The molecule has 1 aromatic carbocycles. The van der Waals surface area contributed by atoms with Gasteiger partial charge in [0.15, 0.2) is 5.16 Å². The number of hydrogen-bond acceptors (Lipinski definition) is 6. The van der Waals surface area contributed by atoms with Crippen LogP contribution in [0.15, 0.2) is 34.2 Å². The first-order chi connectivity index (χ1) is 13.1. The SMILES string of the molecule is CNC(=O)CNC(=O)CSc1nc2ccccc2c(=O)n1C[C@H]1CCCO1. The van der Waals surface area contributed by atoms with Crippen molar-refractivity contribution in [3.8, 4) is 0 Å². The Morgan fingerprint density at radius 3 is 2.89 bits per heavy atom. The number of amides is 2. The lowest BCUT2D eigenvalue weighted by Crippen LogP contribution is -2.36. The molecular weight excluding hydrogens is 368 g/mol. The van der Waals surface area contributed by atoms with Crippen LogP contribution in [0.1, 0.15) is 12.8 Å². The van der Waals surface area contributed by atoms with Gasteiger partial charge in [0.1, 0.15) is 0 Å². The van der Waals surface area contributed by atoms with Crippen molar-refractivity contribution in [2.24, 2.45) is 0 Å². The minimum Gasteiger partial charge on any atom is -0.376 e. The minimum absolute atomic E-state index is 0.0212. The maximum absolute atomic E-state index is 12.9. The summed E-state index contributed by atoms with van der Waals surface area (Å²) in [5, 5.41) is 6.00. The van der Waals surface area contributed by atoms with E-state index in [1.165, 1.54) is 18.8 Å². The van der Waals surface area contributed by atoms with E-state index in [4.69, 9.17) is 4.74 Å². The standard InChI is InChI=1S/C18H22N4O4S/c1-19-15(23)9-20-16(24)11-27-18-21-14-7-3-2-6-13(14)17(25)22(18)10-12-5-4-8-26-12/h2-3,6-7,12H,4-5,8-11H2,1H3,(H,19,23)(H,20,24)/t12-/m1/s1. The molecule has 2 aromatic rings. The predicted molar refractivity (Wildman–Crippen MR) is 103 cm³/mol. The molecule has 0 bridgehead atoms. The second kappa shape index (κ2) is 9.01. The van der Waals surface area contributed by atoms with Gasteiger partial charge in [0.05, 0.1) is 35.8 Å². The van der Waals surface area contributed by atoms with E-state index in [9.17, 15) is 14.4 Å². The molecule has 1 saturated heterocycles. The Balaban J connectivity index is 1.80. The van der Waals surface area contributed by atoms with Crippen molar-refractivity contribution in [1.29, 1.82) is 0 Å². The Hall–Kier alpha value is -2.39. The fourth-order valence-electron chi connectivity index (χ4n) is 2.86. The Kier molecular flexibility index (Phi) is 6.46. The number of carbonyl (C=O) groups excluding carboxylic acids is 2. The van der Waals surface area contributed by atoms with Crippen molar-refractivity contribution in [3.63, 3.8) is 0 Å². The van der Waals surface area contributed by atoms with Crippen molar-refractivity contribution >= 4 is 34.5 Å². The lowest BCUT2D eigenvalue weighted by atomic mass is 10.2. The molecule has 0 saturated carbocycles. The summed E-state index contributed by atoms with van der Waals surface area (Å²) in [5.41, 5.74) is 0.462. The summed E-state index contributed by atoms with van der Waals surface area (Å²) >= 11 is 1.18. The molecule has 2 N–H and O–H groups in total. The molecule has 0 aliphatic carbocycles. The third-order valence-corrected chi connectivity index (χ3v) is 5.27. The van der Waals surface area contributed by atoms with E-state index in [0.717, 1.165) is 12.8 Å². The number of likely N-dealkylation sites (N-methyl/N-ethyl adjacent to an activating group) is 1. The normalized spacial score (nSPS) is 16.4. The summed E-state index contributed by atoms with van der Waals surface area (Å²) < 4.78 is 7.25. The summed E-state index contributed by atoms with van der Waals surface area (Å²) in [6.45, 7) is 1.04. The van der Waals surface area contributed by atoms with Crippen molar-refractivity contribution in [2.75, 3.05) is 26.0 Å². The van der Waals surface area contributed by atoms with Gasteiger partial charge < -0.3 is 15.4 Å². The van der Waals surface area contributed by atoms with Gasteiger partial charge in [-0.15, -0.1) is 0 Å². The van der Waals surface area contributed by atoms with E-state index in [0.29, 0.717) is 29.2 Å². The molecule has 2 heterocycles. The highest BCUT2D eigenvalue weighted by molar-refractivity contribution is 7.99. The van der Waals surface area contributed by atoms with E-state index in [1.807, 2.05) is 6.07 Å². The van der Waals surface area contributed by atoms with Crippen LogP contribution in [0.4, 0.5) is 0 Å². The zero-order valence-electron chi connectivity index (χ0n) is 15.1. The molecule has 8 nitrogen and oxygen atoms in total. The third kappa shape index (κ3) is 4.86. The van der Waals surface area contributed by atoms with Gasteiger partial charge in [0.25, 0.3) is 5.56 Å². The smallest absolute Gasteiger partial charge is 0.262 e. The van der Waals surface area contributed by atoms with Gasteiger partial charge in [-0.2, -0.15) is 0 Å². The first-order valence-corrected chi connectivity index (χ1v) is 9.78. The van der Waals surface area contributed by atoms with Crippen molar-refractivity contribution < 1.29 is 14.3 Å². The van der Waals surface area contributed by atoms with Crippen LogP contribution in [0.2, 0.25) is 0 Å². The van der Waals surface area contributed by atoms with E-state index in [-0.39, 0.29) is 35.8 Å². The fraction of sp³-hybridized carbons (Fsp3) is 0.444. The number of rotatable bonds is 7. The second-order valence-corrected chi connectivity index (χ2v) is 7.14. The molecule has 1 aliphatic heterocycles. The number of aromatic nitrogens is 2. The largest absolute Gasteiger partial charge is 0.376 e. The molecule has 1 atom stereocenters. The monoisotopic (exact) mass is 390 g/mol. The van der Waals surface area contributed by atoms with Crippen molar-refractivity contribution in [2.45, 2.75) is 30.6 Å². The molecule has 0 unspecified atom stereocenters. The molecule has 27 heavy (non-hydrogen) atoms. The molecule has 9 heteroatoms. The van der Waals surface area contributed by atoms with Gasteiger partial charge in [0.2, 0.25) is 11.8 Å². The fourth-order valence-corrected chi connectivity index (χ4v) is 3.70. The van der Waals surface area contributed by atoms with E-state index >= 15 is 0 Å². The van der Waals surface area contributed by atoms with Crippen molar-refractivity contribution in [3.05, 3.63) is 34.6 Å². The number of carbonyl (C=O) groups is 2. The highest BCUT2D eigenvalue weighted by atomic mass is 32.2. The first-order valence-electron chi connectivity index (χ1n) is 8.79. The summed E-state index contributed by atoms with van der Waals surface area (Å²) in [5.74, 6) is -0.505. The molecule has 2 amide bonds.